The van der Waals surface area contributed by atoms with Gasteiger partial charge >= 0.3 is 0 Å². The first-order chi connectivity index (χ1) is 6.45. The molecule has 0 aliphatic rings. The Morgan fingerprint density at radius 2 is 1.64 bits per heavy atom. The van der Waals surface area contributed by atoms with E-state index in [0.717, 1.165) is 6.07 Å². The summed E-state index contributed by atoms with van der Waals surface area (Å²) in [7, 11) is 0. The van der Waals surface area contributed by atoms with E-state index in [1.807, 2.05) is 13.8 Å². The van der Waals surface area contributed by atoms with Gasteiger partial charge in [-0.3, -0.25) is 0 Å². The highest BCUT2D eigenvalue weighted by Gasteiger charge is 2.20. The van der Waals surface area contributed by atoms with Crippen molar-refractivity contribution >= 4 is 0 Å². The fourth-order valence-electron chi connectivity index (χ4n) is 1.45. The average Bonchev–Trinajstić information content (AvgIpc) is 2.02. The van der Waals surface area contributed by atoms with Gasteiger partial charge in [-0.1, -0.05) is 13.8 Å². The molecular weight excluding hydrogens is 184 g/mol. The van der Waals surface area contributed by atoms with Crippen molar-refractivity contribution in [2.75, 3.05) is 6.54 Å². The summed E-state index contributed by atoms with van der Waals surface area (Å²) >= 11 is 0. The van der Waals surface area contributed by atoms with Crippen LogP contribution in [-0.4, -0.2) is 6.54 Å². The molecule has 0 aliphatic carbocycles. The van der Waals surface area contributed by atoms with Gasteiger partial charge in [-0.2, -0.15) is 0 Å². The molecule has 1 aromatic carbocycles. The van der Waals surface area contributed by atoms with Gasteiger partial charge in [0.05, 0.1) is 0 Å². The van der Waals surface area contributed by atoms with Gasteiger partial charge in [0.1, 0.15) is 11.6 Å². The molecule has 0 aromatic heterocycles. The second-order valence-electron chi connectivity index (χ2n) is 4.08. The molecule has 1 nitrogen and oxygen atoms in total. The molecule has 0 spiro atoms. The van der Waals surface area contributed by atoms with E-state index in [1.165, 1.54) is 12.1 Å². The van der Waals surface area contributed by atoms with E-state index in [-0.39, 0.29) is 5.41 Å². The molecule has 2 N–H and O–H groups in total. The molecule has 0 atom stereocenters. The van der Waals surface area contributed by atoms with E-state index in [2.05, 4.69) is 0 Å². The molecule has 1 aromatic rings. The number of hydrogen-bond acceptors (Lipinski definition) is 1. The van der Waals surface area contributed by atoms with Gasteiger partial charge in [0.25, 0.3) is 0 Å². The van der Waals surface area contributed by atoms with E-state index in [9.17, 15) is 8.78 Å². The lowest BCUT2D eigenvalue weighted by Crippen LogP contribution is -2.22. The Morgan fingerprint density at radius 1 is 1.14 bits per heavy atom. The zero-order chi connectivity index (χ0) is 10.8. The molecule has 0 bridgehead atoms. The van der Waals surface area contributed by atoms with E-state index >= 15 is 0 Å². The lowest BCUT2D eigenvalue weighted by Gasteiger charge is -2.24. The summed E-state index contributed by atoms with van der Waals surface area (Å²) in [5.41, 5.74) is 5.81. The molecule has 0 unspecified atom stereocenters. The lowest BCUT2D eigenvalue weighted by atomic mass is 9.81. The van der Waals surface area contributed by atoms with Gasteiger partial charge in [0.2, 0.25) is 0 Å². The normalized spacial score (nSPS) is 11.8. The maximum absolute atomic E-state index is 12.9. The molecule has 3 heteroatoms. The standard InChI is InChI=1S/C11H15F2N/c1-11(2,3-4-14)8-5-9(12)7-10(13)6-8/h5-7H,3-4,14H2,1-2H3. The van der Waals surface area contributed by atoms with Crippen LogP contribution >= 0.6 is 0 Å². The van der Waals surface area contributed by atoms with Crippen LogP contribution in [0.25, 0.3) is 0 Å². The highest BCUT2D eigenvalue weighted by Crippen LogP contribution is 2.27. The summed E-state index contributed by atoms with van der Waals surface area (Å²) in [5.74, 6) is -1.07. The maximum atomic E-state index is 12.9. The van der Waals surface area contributed by atoms with E-state index in [1.54, 1.807) is 0 Å². The van der Waals surface area contributed by atoms with Crippen LogP contribution in [0.5, 0.6) is 0 Å². The third kappa shape index (κ3) is 2.51. The number of benzene rings is 1. The van der Waals surface area contributed by atoms with Crippen molar-refractivity contribution in [2.45, 2.75) is 25.7 Å². The zero-order valence-electron chi connectivity index (χ0n) is 8.48. The average molecular weight is 199 g/mol. The van der Waals surface area contributed by atoms with Gasteiger partial charge in [0.15, 0.2) is 0 Å². The molecule has 0 heterocycles. The first-order valence-corrected chi connectivity index (χ1v) is 4.62. The minimum atomic E-state index is -0.537. The highest BCUT2D eigenvalue weighted by molar-refractivity contribution is 5.25. The van der Waals surface area contributed by atoms with E-state index in [0.29, 0.717) is 18.5 Å². The van der Waals surface area contributed by atoms with Gasteiger partial charge in [-0.15, -0.1) is 0 Å². The Kier molecular flexibility index (Phi) is 3.21. The van der Waals surface area contributed by atoms with Crippen LogP contribution in [0.3, 0.4) is 0 Å². The summed E-state index contributed by atoms with van der Waals surface area (Å²) in [6.45, 7) is 4.35. The van der Waals surface area contributed by atoms with Crippen LogP contribution in [0.4, 0.5) is 8.78 Å². The second-order valence-corrected chi connectivity index (χ2v) is 4.08. The topological polar surface area (TPSA) is 26.0 Å². The van der Waals surface area contributed by atoms with E-state index in [4.69, 9.17) is 5.73 Å². The van der Waals surface area contributed by atoms with Crippen LogP contribution < -0.4 is 5.73 Å². The van der Waals surface area contributed by atoms with Gasteiger partial charge < -0.3 is 5.73 Å². The molecule has 0 saturated heterocycles. The quantitative estimate of drug-likeness (QED) is 0.795. The summed E-state index contributed by atoms with van der Waals surface area (Å²) in [6.07, 6.45) is 0.704. The third-order valence-corrected chi connectivity index (χ3v) is 2.41. The highest BCUT2D eigenvalue weighted by atomic mass is 19.1. The van der Waals surface area contributed by atoms with Crippen molar-refractivity contribution in [1.29, 1.82) is 0 Å². The molecule has 0 saturated carbocycles. The van der Waals surface area contributed by atoms with Crippen LogP contribution in [0.1, 0.15) is 25.8 Å². The largest absolute Gasteiger partial charge is 0.330 e. The predicted molar refractivity (Wildman–Crippen MR) is 53.1 cm³/mol. The van der Waals surface area contributed by atoms with Gasteiger partial charge in [-0.25, -0.2) is 8.78 Å². The van der Waals surface area contributed by atoms with Crippen molar-refractivity contribution in [3.8, 4) is 0 Å². The maximum Gasteiger partial charge on any atom is 0.126 e. The van der Waals surface area contributed by atoms with Crippen LogP contribution in [0, 0.1) is 11.6 Å². The number of halogens is 2. The lowest BCUT2D eigenvalue weighted by molar-refractivity contribution is 0.476. The molecular formula is C11H15F2N. The fourth-order valence-corrected chi connectivity index (χ4v) is 1.45. The summed E-state index contributed by atoms with van der Waals surface area (Å²) in [4.78, 5) is 0. The molecule has 0 radical (unpaired) electrons. The first-order valence-electron chi connectivity index (χ1n) is 4.62. The van der Waals surface area contributed by atoms with Crippen molar-refractivity contribution in [3.05, 3.63) is 35.4 Å². The Hall–Kier alpha value is -0.960. The first kappa shape index (κ1) is 11.1. The molecule has 1 rings (SSSR count). The minimum absolute atomic E-state index is 0.280. The molecule has 0 aliphatic heterocycles. The van der Waals surface area contributed by atoms with Crippen molar-refractivity contribution < 1.29 is 8.78 Å². The molecule has 78 valence electrons. The van der Waals surface area contributed by atoms with E-state index < -0.39 is 11.6 Å². The molecule has 0 amide bonds. The summed E-state index contributed by atoms with van der Waals surface area (Å²) in [5, 5.41) is 0. The third-order valence-electron chi connectivity index (χ3n) is 2.41. The van der Waals surface area contributed by atoms with Crippen LogP contribution in [0.15, 0.2) is 18.2 Å². The van der Waals surface area contributed by atoms with Crippen LogP contribution in [0.2, 0.25) is 0 Å². The minimum Gasteiger partial charge on any atom is -0.330 e. The molecule has 14 heavy (non-hydrogen) atoms. The number of hydrogen-bond donors (Lipinski definition) is 1. The SMILES string of the molecule is CC(C)(CCN)c1cc(F)cc(F)c1. The Morgan fingerprint density at radius 3 is 2.07 bits per heavy atom. The van der Waals surface area contributed by atoms with Crippen LogP contribution in [-0.2, 0) is 5.41 Å². The monoisotopic (exact) mass is 199 g/mol. The smallest absolute Gasteiger partial charge is 0.126 e. The Balaban J connectivity index is 3.05. The van der Waals surface area contributed by atoms with Gasteiger partial charge in [0, 0.05) is 6.07 Å². The van der Waals surface area contributed by atoms with Crippen molar-refractivity contribution in [1.82, 2.24) is 0 Å². The Bertz CT molecular complexity index is 301. The number of nitrogens with two attached hydrogens (primary N) is 1. The number of rotatable bonds is 3. The zero-order valence-corrected chi connectivity index (χ0v) is 8.48. The summed E-state index contributed by atoms with van der Waals surface area (Å²) in [6, 6.07) is 3.60. The van der Waals surface area contributed by atoms with Gasteiger partial charge in [-0.05, 0) is 36.1 Å². The second kappa shape index (κ2) is 4.05. The Labute approximate surface area is 82.9 Å². The van der Waals surface area contributed by atoms with Crippen molar-refractivity contribution in [2.24, 2.45) is 5.73 Å². The predicted octanol–water partition coefficient (Wildman–Crippen LogP) is 2.59. The molecule has 0 fully saturated rings. The fraction of sp³-hybridized carbons (Fsp3) is 0.455. The van der Waals surface area contributed by atoms with Crippen molar-refractivity contribution in [3.63, 3.8) is 0 Å². The summed E-state index contributed by atoms with van der Waals surface area (Å²) < 4.78 is 25.9.